The second kappa shape index (κ2) is 19.7. The molecule has 0 saturated heterocycles. The van der Waals surface area contributed by atoms with E-state index >= 15 is 0 Å². The quantitative estimate of drug-likeness (QED) is 0.246. The van der Waals surface area contributed by atoms with Crippen LogP contribution in [0.3, 0.4) is 0 Å². The summed E-state index contributed by atoms with van der Waals surface area (Å²) in [6, 6.07) is 0. The van der Waals surface area contributed by atoms with Gasteiger partial charge in [0.25, 0.3) is 0 Å². The van der Waals surface area contributed by atoms with Crippen LogP contribution in [-0.4, -0.2) is 25.0 Å². The third-order valence-corrected chi connectivity index (χ3v) is 4.42. The molecule has 0 aliphatic carbocycles. The fourth-order valence-corrected chi connectivity index (χ4v) is 2.92. The average Bonchev–Trinajstić information content (AvgIpc) is 2.54. The summed E-state index contributed by atoms with van der Waals surface area (Å²) in [7, 11) is 0. The first-order valence-corrected chi connectivity index (χ1v) is 10.5. The minimum absolute atomic E-state index is 0.283. The number of unbranched alkanes of at least 4 members (excludes halogenated alkanes) is 13. The molecule has 0 bridgehead atoms. The Bertz CT molecular complexity index is 250. The van der Waals surface area contributed by atoms with Crippen molar-refractivity contribution in [2.75, 3.05) is 18.9 Å². The summed E-state index contributed by atoms with van der Waals surface area (Å²) in [5.74, 6) is 1.04. The van der Waals surface area contributed by atoms with Gasteiger partial charge in [0.2, 0.25) is 0 Å². The Morgan fingerprint density at radius 1 is 0.739 bits per heavy atom. The second-order valence-electron chi connectivity index (χ2n) is 6.34. The summed E-state index contributed by atoms with van der Waals surface area (Å²) < 4.78 is 5.04. The molecule has 1 N–H and O–H groups in total. The lowest BCUT2D eigenvalue weighted by Crippen LogP contribution is -2.23. The second-order valence-corrected chi connectivity index (χ2v) is 6.79. The van der Waals surface area contributed by atoms with Gasteiger partial charge >= 0.3 is 6.09 Å². The predicted octanol–water partition coefficient (Wildman–Crippen LogP) is 6.12. The largest absolute Gasteiger partial charge is 0.450 e. The van der Waals surface area contributed by atoms with Gasteiger partial charge in [-0.15, -0.1) is 0 Å². The van der Waals surface area contributed by atoms with Crippen LogP contribution in [0.5, 0.6) is 0 Å². The molecule has 0 aromatic rings. The van der Waals surface area contributed by atoms with E-state index in [0.29, 0.717) is 13.2 Å². The Labute approximate surface area is 149 Å². The fourth-order valence-electron chi connectivity index (χ4n) is 2.70. The monoisotopic (exact) mass is 345 g/mol. The lowest BCUT2D eigenvalue weighted by atomic mass is 10.0. The van der Waals surface area contributed by atoms with E-state index in [1.807, 2.05) is 6.92 Å². The third kappa shape index (κ3) is 19.6. The van der Waals surface area contributed by atoms with Crippen molar-refractivity contribution in [2.45, 2.75) is 96.8 Å². The molecule has 0 unspecified atom stereocenters. The molecule has 4 heteroatoms. The molecule has 3 nitrogen and oxygen atoms in total. The minimum atomic E-state index is -0.283. The van der Waals surface area contributed by atoms with Gasteiger partial charge in [0.15, 0.2) is 0 Å². The Balaban J connectivity index is 3.01. The number of ether oxygens (including phenoxy) is 1. The van der Waals surface area contributed by atoms with Crippen LogP contribution in [0, 0.1) is 0 Å². The van der Waals surface area contributed by atoms with Crippen LogP contribution >= 0.6 is 12.6 Å². The number of carbonyl (C=O) groups excluding carboxylic acids is 1. The van der Waals surface area contributed by atoms with Gasteiger partial charge < -0.3 is 10.1 Å². The maximum absolute atomic E-state index is 11.1. The molecule has 0 spiro atoms. The molecule has 0 aliphatic heterocycles. The van der Waals surface area contributed by atoms with Crippen molar-refractivity contribution in [1.82, 2.24) is 5.32 Å². The van der Waals surface area contributed by atoms with Gasteiger partial charge in [-0.2, -0.15) is 12.6 Å². The van der Waals surface area contributed by atoms with Gasteiger partial charge in [0, 0.05) is 6.54 Å². The molecule has 138 valence electrons. The van der Waals surface area contributed by atoms with E-state index in [1.54, 1.807) is 0 Å². The van der Waals surface area contributed by atoms with Gasteiger partial charge in [0.1, 0.15) is 0 Å². The molecule has 1 amide bonds. The van der Waals surface area contributed by atoms with Crippen LogP contribution < -0.4 is 5.32 Å². The molecular weight excluding hydrogens is 306 g/mol. The molecule has 0 radical (unpaired) electrons. The normalized spacial score (nSPS) is 10.7. The lowest BCUT2D eigenvalue weighted by molar-refractivity contribution is 0.144. The number of rotatable bonds is 17. The summed E-state index contributed by atoms with van der Waals surface area (Å²) in [4.78, 5) is 11.1. The number of hydrogen-bond donors (Lipinski definition) is 2. The van der Waals surface area contributed by atoms with E-state index in [2.05, 4.69) is 17.9 Å². The molecule has 23 heavy (non-hydrogen) atoms. The predicted molar refractivity (Wildman–Crippen MR) is 104 cm³/mol. The van der Waals surface area contributed by atoms with Crippen molar-refractivity contribution >= 4 is 18.7 Å². The Kier molecular flexibility index (Phi) is 19.3. The van der Waals surface area contributed by atoms with E-state index in [9.17, 15) is 4.79 Å². The third-order valence-electron chi connectivity index (χ3n) is 4.11. The van der Waals surface area contributed by atoms with Crippen molar-refractivity contribution < 1.29 is 9.53 Å². The Hall–Kier alpha value is -0.380. The number of nitrogens with one attached hydrogen (secondary N) is 1. The molecule has 0 atom stereocenters. The molecule has 0 aromatic heterocycles. The average molecular weight is 346 g/mol. The van der Waals surface area contributed by atoms with Crippen LogP contribution in [0.25, 0.3) is 0 Å². The number of hydrogen-bond acceptors (Lipinski definition) is 3. The van der Waals surface area contributed by atoms with E-state index in [0.717, 1.165) is 12.2 Å². The molecule has 0 aromatic carbocycles. The highest BCUT2D eigenvalue weighted by atomic mass is 32.1. The van der Waals surface area contributed by atoms with Crippen LogP contribution in [-0.2, 0) is 4.74 Å². The SMILES string of the molecule is CCNC(=O)OCCCCCCCCCCCCCCCCS. The van der Waals surface area contributed by atoms with Crippen molar-refractivity contribution in [1.29, 1.82) is 0 Å². The first kappa shape index (κ1) is 22.6. The summed E-state index contributed by atoms with van der Waals surface area (Å²) in [5, 5.41) is 2.63. The number of thiol groups is 1. The zero-order chi connectivity index (χ0) is 17.0. The van der Waals surface area contributed by atoms with Gasteiger partial charge in [-0.1, -0.05) is 77.0 Å². The molecule has 0 fully saturated rings. The maximum Gasteiger partial charge on any atom is 0.407 e. The van der Waals surface area contributed by atoms with Crippen molar-refractivity contribution in [3.8, 4) is 0 Å². The summed E-state index contributed by atoms with van der Waals surface area (Å²) >= 11 is 4.24. The standard InChI is InChI=1S/C19H39NO2S/c1-2-20-19(21)22-17-15-13-11-9-7-5-3-4-6-8-10-12-14-16-18-23/h23H,2-18H2,1H3,(H,20,21). The van der Waals surface area contributed by atoms with Gasteiger partial charge in [-0.05, 0) is 25.5 Å². The smallest absolute Gasteiger partial charge is 0.407 e. The first-order valence-electron chi connectivity index (χ1n) is 9.82. The first-order chi connectivity index (χ1) is 11.3. The van der Waals surface area contributed by atoms with Crippen molar-refractivity contribution in [2.24, 2.45) is 0 Å². The van der Waals surface area contributed by atoms with E-state index in [4.69, 9.17) is 4.74 Å². The molecule has 0 heterocycles. The topological polar surface area (TPSA) is 38.3 Å². The zero-order valence-electron chi connectivity index (χ0n) is 15.3. The molecule has 0 rings (SSSR count). The van der Waals surface area contributed by atoms with E-state index < -0.39 is 0 Å². The highest BCUT2D eigenvalue weighted by Crippen LogP contribution is 2.13. The maximum atomic E-state index is 11.1. The summed E-state index contributed by atoms with van der Waals surface area (Å²) in [5.41, 5.74) is 0. The van der Waals surface area contributed by atoms with E-state index in [-0.39, 0.29) is 6.09 Å². The summed E-state index contributed by atoms with van der Waals surface area (Å²) in [6.07, 6.45) is 18.3. The fraction of sp³-hybridized carbons (Fsp3) is 0.947. The van der Waals surface area contributed by atoms with Gasteiger partial charge in [0.05, 0.1) is 6.61 Å². The minimum Gasteiger partial charge on any atom is -0.450 e. The Morgan fingerprint density at radius 2 is 1.13 bits per heavy atom. The van der Waals surface area contributed by atoms with Crippen LogP contribution in [0.1, 0.15) is 96.8 Å². The van der Waals surface area contributed by atoms with Crippen molar-refractivity contribution in [3.63, 3.8) is 0 Å². The number of carbonyl (C=O) groups is 1. The van der Waals surface area contributed by atoms with Crippen LogP contribution in [0.4, 0.5) is 4.79 Å². The van der Waals surface area contributed by atoms with Crippen molar-refractivity contribution in [3.05, 3.63) is 0 Å². The van der Waals surface area contributed by atoms with Gasteiger partial charge in [-0.3, -0.25) is 0 Å². The molecular formula is C19H39NO2S. The Morgan fingerprint density at radius 3 is 1.52 bits per heavy atom. The van der Waals surface area contributed by atoms with Crippen LogP contribution in [0.15, 0.2) is 0 Å². The van der Waals surface area contributed by atoms with Gasteiger partial charge in [-0.25, -0.2) is 4.79 Å². The number of alkyl carbamates (subject to hydrolysis) is 1. The van der Waals surface area contributed by atoms with Crippen LogP contribution in [0.2, 0.25) is 0 Å². The zero-order valence-corrected chi connectivity index (χ0v) is 16.2. The van der Waals surface area contributed by atoms with E-state index in [1.165, 1.54) is 83.5 Å². The number of amides is 1. The highest BCUT2D eigenvalue weighted by molar-refractivity contribution is 7.80. The lowest BCUT2D eigenvalue weighted by Gasteiger charge is -2.05. The molecule has 0 saturated carbocycles. The highest BCUT2D eigenvalue weighted by Gasteiger charge is 1.98. The molecule has 0 aliphatic rings. The summed E-state index contributed by atoms with van der Waals surface area (Å²) in [6.45, 7) is 3.08.